The van der Waals surface area contributed by atoms with E-state index >= 15 is 0 Å². The number of hydrogen-bond donors (Lipinski definition) is 1. The molecule has 1 aliphatic rings. The van der Waals surface area contributed by atoms with Gasteiger partial charge in [-0.15, -0.1) is 0 Å². The summed E-state index contributed by atoms with van der Waals surface area (Å²) in [6.45, 7) is 3.58. The molecular formula is C14H22N2O. The lowest BCUT2D eigenvalue weighted by molar-refractivity contribution is 0.0957. The van der Waals surface area contributed by atoms with Crippen molar-refractivity contribution in [2.45, 2.75) is 19.0 Å². The molecule has 1 aromatic carbocycles. The van der Waals surface area contributed by atoms with Crippen LogP contribution >= 0.6 is 0 Å². The summed E-state index contributed by atoms with van der Waals surface area (Å²) < 4.78 is 5.69. The van der Waals surface area contributed by atoms with Gasteiger partial charge in [-0.1, -0.05) is 24.3 Å². The number of hydrogen-bond acceptors (Lipinski definition) is 3. The first-order chi connectivity index (χ1) is 8.25. The standard InChI is InChI=1S/C14H22N2O/c1-16(2)7-8-17-11-14-9-12-5-3-4-6-13(12)10-15-14/h3-6,14-15H,7-11H2,1-2H3. The predicted molar refractivity (Wildman–Crippen MR) is 70.1 cm³/mol. The van der Waals surface area contributed by atoms with E-state index in [0.717, 1.165) is 32.7 Å². The van der Waals surface area contributed by atoms with Crippen LogP contribution in [0.3, 0.4) is 0 Å². The lowest BCUT2D eigenvalue weighted by atomic mass is 9.96. The van der Waals surface area contributed by atoms with Gasteiger partial charge in [0.15, 0.2) is 0 Å². The van der Waals surface area contributed by atoms with Crippen molar-refractivity contribution in [1.82, 2.24) is 10.2 Å². The fraction of sp³-hybridized carbons (Fsp3) is 0.571. The van der Waals surface area contributed by atoms with Gasteiger partial charge in [-0.3, -0.25) is 0 Å². The molecule has 1 heterocycles. The van der Waals surface area contributed by atoms with Gasteiger partial charge in [0, 0.05) is 19.1 Å². The van der Waals surface area contributed by atoms with Crippen molar-refractivity contribution in [2.75, 3.05) is 33.9 Å². The largest absolute Gasteiger partial charge is 0.378 e. The fourth-order valence-electron chi connectivity index (χ4n) is 2.11. The number of rotatable bonds is 5. The van der Waals surface area contributed by atoms with Crippen molar-refractivity contribution in [2.24, 2.45) is 0 Å². The molecule has 0 saturated carbocycles. The molecule has 0 bridgehead atoms. The Morgan fingerprint density at radius 2 is 2.06 bits per heavy atom. The summed E-state index contributed by atoms with van der Waals surface area (Å²) in [6, 6.07) is 9.11. The molecular weight excluding hydrogens is 212 g/mol. The molecule has 0 radical (unpaired) electrons. The van der Waals surface area contributed by atoms with Gasteiger partial charge >= 0.3 is 0 Å². The molecule has 1 aliphatic heterocycles. The maximum absolute atomic E-state index is 5.69. The van der Waals surface area contributed by atoms with Crippen LogP contribution in [-0.4, -0.2) is 44.8 Å². The molecule has 0 saturated heterocycles. The van der Waals surface area contributed by atoms with Gasteiger partial charge in [-0.05, 0) is 31.6 Å². The number of likely N-dealkylation sites (N-methyl/N-ethyl adjacent to an activating group) is 1. The van der Waals surface area contributed by atoms with E-state index in [9.17, 15) is 0 Å². The van der Waals surface area contributed by atoms with Crippen molar-refractivity contribution >= 4 is 0 Å². The highest BCUT2D eigenvalue weighted by Gasteiger charge is 2.17. The monoisotopic (exact) mass is 234 g/mol. The van der Waals surface area contributed by atoms with Crippen LogP contribution in [-0.2, 0) is 17.7 Å². The van der Waals surface area contributed by atoms with E-state index in [0.29, 0.717) is 6.04 Å². The lowest BCUT2D eigenvalue weighted by Gasteiger charge is -2.26. The Kier molecular flexibility index (Phi) is 4.54. The van der Waals surface area contributed by atoms with E-state index in [-0.39, 0.29) is 0 Å². The van der Waals surface area contributed by atoms with Gasteiger partial charge in [0.05, 0.1) is 13.2 Å². The van der Waals surface area contributed by atoms with Crippen LogP contribution in [0.25, 0.3) is 0 Å². The zero-order valence-corrected chi connectivity index (χ0v) is 10.8. The molecule has 1 unspecified atom stereocenters. The van der Waals surface area contributed by atoms with E-state index < -0.39 is 0 Å². The van der Waals surface area contributed by atoms with E-state index in [1.165, 1.54) is 11.1 Å². The summed E-state index contributed by atoms with van der Waals surface area (Å²) >= 11 is 0. The molecule has 0 aliphatic carbocycles. The van der Waals surface area contributed by atoms with Crippen molar-refractivity contribution in [1.29, 1.82) is 0 Å². The van der Waals surface area contributed by atoms with Gasteiger partial charge in [0.25, 0.3) is 0 Å². The summed E-state index contributed by atoms with van der Waals surface area (Å²) in [5.74, 6) is 0. The van der Waals surface area contributed by atoms with Crippen LogP contribution in [0.15, 0.2) is 24.3 Å². The molecule has 1 atom stereocenters. The first-order valence-corrected chi connectivity index (χ1v) is 6.28. The van der Waals surface area contributed by atoms with Crippen molar-refractivity contribution in [3.05, 3.63) is 35.4 Å². The maximum atomic E-state index is 5.69. The first kappa shape index (κ1) is 12.6. The molecule has 3 heteroatoms. The molecule has 0 amide bonds. The van der Waals surface area contributed by atoms with Crippen LogP contribution in [0.5, 0.6) is 0 Å². The third kappa shape index (κ3) is 3.80. The van der Waals surface area contributed by atoms with E-state index in [1.54, 1.807) is 0 Å². The van der Waals surface area contributed by atoms with Crippen molar-refractivity contribution in [3.8, 4) is 0 Å². The Labute approximate surface area is 104 Å². The summed E-state index contributed by atoms with van der Waals surface area (Å²) in [5.41, 5.74) is 2.89. The zero-order chi connectivity index (χ0) is 12.1. The average Bonchev–Trinajstić information content (AvgIpc) is 2.34. The molecule has 94 valence electrons. The van der Waals surface area contributed by atoms with Gasteiger partial charge in [-0.25, -0.2) is 0 Å². The second-order valence-corrected chi connectivity index (χ2v) is 4.93. The third-order valence-corrected chi connectivity index (χ3v) is 3.17. The zero-order valence-electron chi connectivity index (χ0n) is 10.8. The molecule has 0 fully saturated rings. The number of benzene rings is 1. The van der Waals surface area contributed by atoms with Crippen molar-refractivity contribution in [3.63, 3.8) is 0 Å². The predicted octanol–water partition coefficient (Wildman–Crippen LogP) is 1.28. The summed E-state index contributed by atoms with van der Waals surface area (Å²) in [4.78, 5) is 2.14. The molecule has 3 nitrogen and oxygen atoms in total. The van der Waals surface area contributed by atoms with Crippen LogP contribution in [0.2, 0.25) is 0 Å². The average molecular weight is 234 g/mol. The van der Waals surface area contributed by atoms with E-state index in [2.05, 4.69) is 48.6 Å². The Balaban J connectivity index is 1.75. The second-order valence-electron chi connectivity index (χ2n) is 4.93. The topological polar surface area (TPSA) is 24.5 Å². The van der Waals surface area contributed by atoms with Crippen LogP contribution in [0.4, 0.5) is 0 Å². The maximum Gasteiger partial charge on any atom is 0.0623 e. The van der Waals surface area contributed by atoms with Gasteiger partial charge in [0.1, 0.15) is 0 Å². The Bertz CT molecular complexity index is 352. The smallest absolute Gasteiger partial charge is 0.0623 e. The minimum atomic E-state index is 0.465. The number of nitrogens with one attached hydrogen (secondary N) is 1. The van der Waals surface area contributed by atoms with E-state index in [4.69, 9.17) is 4.74 Å². The molecule has 17 heavy (non-hydrogen) atoms. The molecule has 1 aromatic rings. The number of nitrogens with zero attached hydrogens (tertiary/aromatic N) is 1. The van der Waals surface area contributed by atoms with Gasteiger partial charge in [0.2, 0.25) is 0 Å². The van der Waals surface area contributed by atoms with Crippen LogP contribution in [0.1, 0.15) is 11.1 Å². The summed E-state index contributed by atoms with van der Waals surface area (Å²) in [7, 11) is 4.14. The SMILES string of the molecule is CN(C)CCOCC1Cc2ccccc2CN1. The lowest BCUT2D eigenvalue weighted by Crippen LogP contribution is -2.39. The molecule has 1 N–H and O–H groups in total. The third-order valence-electron chi connectivity index (χ3n) is 3.17. The number of ether oxygens (including phenoxy) is 1. The number of fused-ring (bicyclic) bond motifs is 1. The summed E-state index contributed by atoms with van der Waals surface area (Å²) in [6.07, 6.45) is 1.08. The Morgan fingerprint density at radius 3 is 2.82 bits per heavy atom. The highest BCUT2D eigenvalue weighted by molar-refractivity contribution is 5.29. The second kappa shape index (κ2) is 6.15. The normalized spacial score (nSPS) is 19.4. The van der Waals surface area contributed by atoms with Gasteiger partial charge in [-0.2, -0.15) is 0 Å². The van der Waals surface area contributed by atoms with Crippen LogP contribution < -0.4 is 5.32 Å². The summed E-state index contributed by atoms with van der Waals surface area (Å²) in [5, 5.41) is 3.52. The fourth-order valence-corrected chi connectivity index (χ4v) is 2.11. The quantitative estimate of drug-likeness (QED) is 0.777. The highest BCUT2D eigenvalue weighted by Crippen LogP contribution is 2.16. The Morgan fingerprint density at radius 1 is 1.29 bits per heavy atom. The van der Waals surface area contributed by atoms with Crippen LogP contribution in [0, 0.1) is 0 Å². The molecule has 0 aromatic heterocycles. The first-order valence-electron chi connectivity index (χ1n) is 6.28. The Hall–Kier alpha value is -0.900. The molecule has 0 spiro atoms. The van der Waals surface area contributed by atoms with Gasteiger partial charge < -0.3 is 15.0 Å². The van der Waals surface area contributed by atoms with E-state index in [1.807, 2.05) is 0 Å². The minimum absolute atomic E-state index is 0.465. The van der Waals surface area contributed by atoms with Crippen molar-refractivity contribution < 1.29 is 4.74 Å². The minimum Gasteiger partial charge on any atom is -0.378 e. The highest BCUT2D eigenvalue weighted by atomic mass is 16.5. The molecule has 2 rings (SSSR count).